The summed E-state index contributed by atoms with van der Waals surface area (Å²) >= 11 is 0. The molecule has 2 heterocycles. The molecule has 6 atom stereocenters. The van der Waals surface area contributed by atoms with E-state index in [9.17, 15) is 5.26 Å². The van der Waals surface area contributed by atoms with Gasteiger partial charge in [-0.05, 0) is 50.0 Å². The van der Waals surface area contributed by atoms with Gasteiger partial charge in [0.25, 0.3) is 0 Å². The summed E-state index contributed by atoms with van der Waals surface area (Å²) in [5.41, 5.74) is 2.78. The number of likely N-dealkylation sites (tertiary alicyclic amines) is 1. The fourth-order valence-corrected chi connectivity index (χ4v) is 8.04. The van der Waals surface area contributed by atoms with Crippen LogP contribution in [-0.2, 0) is 23.2 Å². The van der Waals surface area contributed by atoms with Crippen LogP contribution in [0.1, 0.15) is 29.5 Å². The van der Waals surface area contributed by atoms with E-state index in [1.165, 1.54) is 11.1 Å². The monoisotopic (exact) mass is 440 g/mol. The number of likely N-dealkylation sites (N-methyl/N-ethyl adjacent to an activating group) is 1. The van der Waals surface area contributed by atoms with Crippen LogP contribution in [-0.4, -0.2) is 43.3 Å². The van der Waals surface area contributed by atoms with Crippen molar-refractivity contribution < 1.29 is 14.2 Å². The van der Waals surface area contributed by atoms with Gasteiger partial charge in [0.1, 0.15) is 18.3 Å². The minimum absolute atomic E-state index is 0.123. The average molecular weight is 441 g/mol. The van der Waals surface area contributed by atoms with Crippen molar-refractivity contribution in [1.82, 2.24) is 4.90 Å². The Morgan fingerprint density at radius 1 is 1.18 bits per heavy atom. The number of methoxy groups -OCH3 is 1. The number of hydrogen-bond acceptors (Lipinski definition) is 5. The Morgan fingerprint density at radius 3 is 2.82 bits per heavy atom. The molecule has 4 aliphatic carbocycles. The minimum atomic E-state index is -0.735. The molecule has 2 aliphatic heterocycles. The van der Waals surface area contributed by atoms with Crippen molar-refractivity contribution >= 4 is 0 Å². The Hall–Kier alpha value is -2.81. The first-order chi connectivity index (χ1) is 16.1. The van der Waals surface area contributed by atoms with E-state index in [-0.39, 0.29) is 22.9 Å². The molecule has 2 aromatic rings. The summed E-state index contributed by atoms with van der Waals surface area (Å²) in [5, 5.41) is 10.2. The van der Waals surface area contributed by atoms with Crippen LogP contribution in [0.3, 0.4) is 0 Å². The first-order valence-electron chi connectivity index (χ1n) is 11.9. The van der Waals surface area contributed by atoms with Crippen LogP contribution in [0.25, 0.3) is 0 Å². The summed E-state index contributed by atoms with van der Waals surface area (Å²) in [5.74, 6) is 1.45. The van der Waals surface area contributed by atoms with Crippen LogP contribution in [0.2, 0.25) is 0 Å². The van der Waals surface area contributed by atoms with Crippen LogP contribution in [0, 0.1) is 22.7 Å². The molecule has 2 spiro atoms. The van der Waals surface area contributed by atoms with Crippen molar-refractivity contribution in [3.05, 3.63) is 71.3 Å². The van der Waals surface area contributed by atoms with Crippen molar-refractivity contribution in [3.8, 4) is 17.6 Å². The molecule has 0 amide bonds. The second-order valence-electron chi connectivity index (χ2n) is 10.4. The molecule has 0 N–H and O–H groups in total. The van der Waals surface area contributed by atoms with Gasteiger partial charge in [0.2, 0.25) is 0 Å². The normalized spacial score (nSPS) is 39.0. The van der Waals surface area contributed by atoms with Gasteiger partial charge in [0, 0.05) is 24.1 Å². The lowest BCUT2D eigenvalue weighted by Crippen LogP contribution is -2.78. The summed E-state index contributed by atoms with van der Waals surface area (Å²) in [4.78, 5) is 2.51. The quantitative estimate of drug-likeness (QED) is 0.673. The fraction of sp³-hybridized carbons (Fsp3) is 0.464. The van der Waals surface area contributed by atoms with Crippen LogP contribution >= 0.6 is 0 Å². The number of benzene rings is 2. The lowest BCUT2D eigenvalue weighted by molar-refractivity contribution is -0.203. The van der Waals surface area contributed by atoms with E-state index in [0.717, 1.165) is 42.9 Å². The van der Waals surface area contributed by atoms with Crippen molar-refractivity contribution in [1.29, 1.82) is 5.26 Å². The van der Waals surface area contributed by atoms with Gasteiger partial charge >= 0.3 is 0 Å². The van der Waals surface area contributed by atoms with Crippen LogP contribution in [0.15, 0.2) is 54.6 Å². The molecule has 2 fully saturated rings. The maximum Gasteiger partial charge on any atom is 0.166 e. The highest BCUT2D eigenvalue weighted by atomic mass is 16.6. The molecule has 1 saturated heterocycles. The number of nitriles is 1. The zero-order valence-corrected chi connectivity index (χ0v) is 19.1. The molecule has 168 valence electrons. The number of hydrogen-bond donors (Lipinski definition) is 0. The number of ether oxygens (including phenoxy) is 3. The zero-order chi connectivity index (χ0) is 22.4. The van der Waals surface area contributed by atoms with Gasteiger partial charge in [0.05, 0.1) is 17.4 Å². The van der Waals surface area contributed by atoms with Crippen LogP contribution in [0.4, 0.5) is 0 Å². The van der Waals surface area contributed by atoms with E-state index in [4.69, 9.17) is 14.2 Å². The Labute approximate surface area is 194 Å². The second kappa shape index (κ2) is 6.40. The molecular formula is C28H28N2O3. The maximum atomic E-state index is 10.2. The van der Waals surface area contributed by atoms with E-state index in [1.807, 2.05) is 18.2 Å². The molecule has 2 aromatic carbocycles. The van der Waals surface area contributed by atoms with Crippen molar-refractivity contribution in [3.63, 3.8) is 0 Å². The van der Waals surface area contributed by atoms with Gasteiger partial charge in [-0.25, -0.2) is 0 Å². The van der Waals surface area contributed by atoms with Crippen molar-refractivity contribution in [2.45, 2.75) is 49.0 Å². The predicted octanol–water partition coefficient (Wildman–Crippen LogP) is 4.01. The van der Waals surface area contributed by atoms with E-state index in [1.54, 1.807) is 7.11 Å². The molecule has 5 heteroatoms. The van der Waals surface area contributed by atoms with Gasteiger partial charge < -0.3 is 19.1 Å². The first kappa shape index (κ1) is 19.6. The third kappa shape index (κ3) is 2.11. The van der Waals surface area contributed by atoms with Gasteiger partial charge in [-0.15, -0.1) is 0 Å². The average Bonchev–Trinajstić information content (AvgIpc) is 3.23. The predicted molar refractivity (Wildman–Crippen MR) is 123 cm³/mol. The zero-order valence-electron chi connectivity index (χ0n) is 19.1. The molecule has 1 saturated carbocycles. The summed E-state index contributed by atoms with van der Waals surface area (Å²) in [6.07, 6.45) is 7.14. The number of fused-ring (bicyclic) bond motifs is 1. The van der Waals surface area contributed by atoms with E-state index >= 15 is 0 Å². The molecule has 8 rings (SSSR count). The molecule has 5 nitrogen and oxygen atoms in total. The minimum Gasteiger partial charge on any atom is -0.485 e. The molecule has 0 unspecified atom stereocenters. The summed E-state index contributed by atoms with van der Waals surface area (Å²) < 4.78 is 19.5. The molecule has 0 aromatic heterocycles. The highest BCUT2D eigenvalue weighted by Crippen LogP contribution is 2.74. The fourth-order valence-electron chi connectivity index (χ4n) is 8.04. The summed E-state index contributed by atoms with van der Waals surface area (Å²) in [7, 11) is 3.97. The molecule has 6 aliphatic rings. The lowest BCUT2D eigenvalue weighted by Gasteiger charge is -2.70. The number of piperidine rings is 1. The highest BCUT2D eigenvalue weighted by molar-refractivity contribution is 5.65. The van der Waals surface area contributed by atoms with Crippen molar-refractivity contribution in [2.24, 2.45) is 11.3 Å². The van der Waals surface area contributed by atoms with Crippen LogP contribution < -0.4 is 9.47 Å². The lowest BCUT2D eigenvalue weighted by atomic mass is 9.37. The Morgan fingerprint density at radius 2 is 2.03 bits per heavy atom. The number of rotatable bonds is 4. The van der Waals surface area contributed by atoms with Gasteiger partial charge in [0.15, 0.2) is 11.5 Å². The molecule has 33 heavy (non-hydrogen) atoms. The Bertz CT molecular complexity index is 1220. The Balaban J connectivity index is 1.42. The SMILES string of the molecule is CO[C@]12C=C[C@@]3(C[C@@H]1C#N)[C@H]1Cc4ccc(OCc5ccccc5)c5c4[C@@]3(CCN1C)[C@H]2O5. The van der Waals surface area contributed by atoms with Crippen molar-refractivity contribution in [2.75, 3.05) is 20.7 Å². The van der Waals surface area contributed by atoms with Gasteiger partial charge in [-0.1, -0.05) is 48.6 Å². The maximum absolute atomic E-state index is 10.2. The second-order valence-corrected chi connectivity index (χ2v) is 10.4. The molecule has 0 radical (unpaired) electrons. The Kier molecular flexibility index (Phi) is 3.81. The van der Waals surface area contributed by atoms with Gasteiger partial charge in [-0.2, -0.15) is 5.26 Å². The van der Waals surface area contributed by atoms with E-state index < -0.39 is 5.60 Å². The first-order valence-corrected chi connectivity index (χ1v) is 11.9. The van der Waals surface area contributed by atoms with E-state index in [2.05, 4.69) is 54.4 Å². The standard InChI is InChI=1S/C28H28N2O3/c1-30-13-12-27-23-19-8-9-21(32-17-18-6-4-3-5-7-18)24(23)33-25(27)28(31-2)11-10-26(27,22(30)14-19)15-20(28)16-29/h3-11,20,22,25H,12-15,17H2,1-2H3/t20-,22-,25-,26-,27+,28-/m1/s1. The highest BCUT2D eigenvalue weighted by Gasteiger charge is 2.79. The molecular weight excluding hydrogens is 412 g/mol. The molecule has 4 bridgehead atoms. The topological polar surface area (TPSA) is 54.7 Å². The van der Waals surface area contributed by atoms with Crippen LogP contribution in [0.5, 0.6) is 11.5 Å². The third-order valence-corrected chi connectivity index (χ3v) is 9.45. The summed E-state index contributed by atoms with van der Waals surface area (Å²) in [6.45, 7) is 1.52. The third-order valence-electron chi connectivity index (χ3n) is 9.45. The number of nitrogens with zero attached hydrogens (tertiary/aromatic N) is 2. The van der Waals surface area contributed by atoms with Gasteiger partial charge in [-0.3, -0.25) is 0 Å². The smallest absolute Gasteiger partial charge is 0.166 e. The summed E-state index contributed by atoms with van der Waals surface area (Å²) in [6, 6.07) is 17.5. The largest absolute Gasteiger partial charge is 0.485 e. The van der Waals surface area contributed by atoms with E-state index in [0.29, 0.717) is 12.6 Å².